The monoisotopic (exact) mass is 447 g/mol. The van der Waals surface area contributed by atoms with Gasteiger partial charge in [-0.2, -0.15) is 0 Å². The summed E-state index contributed by atoms with van der Waals surface area (Å²) < 4.78 is 5.68. The number of hydrogen-bond acceptors (Lipinski definition) is 3. The largest absolute Gasteiger partial charge is 0.425 e. The van der Waals surface area contributed by atoms with Gasteiger partial charge < -0.3 is 9.64 Å². The Morgan fingerprint density at radius 2 is 1.24 bits per heavy atom. The highest BCUT2D eigenvalue weighted by Gasteiger charge is 2.47. The summed E-state index contributed by atoms with van der Waals surface area (Å²) in [5.74, 6) is 3.66. The molecule has 0 unspecified atom stereocenters. The van der Waals surface area contributed by atoms with Crippen LogP contribution in [0.5, 0.6) is 5.75 Å². The third-order valence-corrected chi connectivity index (χ3v) is 8.50. The molecular weight excluding hydrogens is 418 g/mol. The average Bonchev–Trinajstić information content (AvgIpc) is 2.85. The molecular formula is C31H29NO2. The van der Waals surface area contributed by atoms with E-state index in [-0.39, 0.29) is 12.5 Å². The smallest absolute Gasteiger partial charge is 0.331 e. The van der Waals surface area contributed by atoms with Crippen LogP contribution in [0.25, 0.3) is 5.57 Å². The van der Waals surface area contributed by atoms with Crippen molar-refractivity contribution in [2.45, 2.75) is 32.1 Å². The first-order valence-electron chi connectivity index (χ1n) is 12.7. The van der Waals surface area contributed by atoms with Crippen LogP contribution in [0.1, 0.15) is 43.2 Å². The molecule has 8 rings (SSSR count). The van der Waals surface area contributed by atoms with Gasteiger partial charge in [-0.05, 0) is 85.6 Å². The first kappa shape index (κ1) is 20.1. The minimum Gasteiger partial charge on any atom is -0.425 e. The summed E-state index contributed by atoms with van der Waals surface area (Å²) in [5, 5.41) is 0. The van der Waals surface area contributed by atoms with E-state index in [1.807, 2.05) is 30.3 Å². The SMILES string of the molecule is O=C(CN1c2ccccc2C(=C2C3CC4CC(C3)CC2C4)c2ccccc21)Oc1ccccc1. The Bertz CT molecular complexity index is 1210. The maximum atomic E-state index is 13.0. The van der Waals surface area contributed by atoms with E-state index in [4.69, 9.17) is 4.74 Å². The standard InChI is InChI=1S/C31H29NO2/c33-29(34-24-8-2-1-3-9-24)19-32-27-12-6-4-10-25(27)31(26-11-5-7-13-28(26)32)30-22-15-20-14-21(17-22)18-23(30)16-20/h1-13,20-23H,14-19H2. The lowest BCUT2D eigenvalue weighted by molar-refractivity contribution is -0.132. The molecule has 0 atom stereocenters. The second-order valence-corrected chi connectivity index (χ2v) is 10.5. The summed E-state index contributed by atoms with van der Waals surface area (Å²) in [5.41, 5.74) is 7.93. The Morgan fingerprint density at radius 3 is 1.82 bits per heavy atom. The Morgan fingerprint density at radius 1 is 0.706 bits per heavy atom. The van der Waals surface area contributed by atoms with Crippen LogP contribution in [0.15, 0.2) is 84.4 Å². The highest BCUT2D eigenvalue weighted by atomic mass is 16.5. The number of hydrogen-bond donors (Lipinski definition) is 0. The van der Waals surface area contributed by atoms with Gasteiger partial charge in [0, 0.05) is 22.5 Å². The number of rotatable bonds is 3. The Hall–Kier alpha value is -3.33. The number of anilines is 2. The highest BCUT2D eigenvalue weighted by Crippen LogP contribution is 2.60. The molecule has 3 nitrogen and oxygen atoms in total. The number of carbonyl (C=O) groups excluding carboxylic acids is 1. The molecule has 0 saturated heterocycles. The molecule has 1 heterocycles. The molecule has 34 heavy (non-hydrogen) atoms. The predicted octanol–water partition coefficient (Wildman–Crippen LogP) is 7.00. The lowest BCUT2D eigenvalue weighted by Gasteiger charge is -2.53. The summed E-state index contributed by atoms with van der Waals surface area (Å²) in [6.07, 6.45) is 6.92. The maximum Gasteiger partial charge on any atom is 0.331 e. The number of nitrogens with zero attached hydrogens (tertiary/aromatic N) is 1. The van der Waals surface area contributed by atoms with Crippen molar-refractivity contribution >= 4 is 22.9 Å². The number of esters is 1. The van der Waals surface area contributed by atoms with Crippen LogP contribution < -0.4 is 9.64 Å². The van der Waals surface area contributed by atoms with E-state index in [1.165, 1.54) is 48.8 Å². The number of allylic oxidation sites excluding steroid dienone is 1. The van der Waals surface area contributed by atoms with E-state index in [2.05, 4.69) is 53.4 Å². The molecule has 4 aliphatic carbocycles. The van der Waals surface area contributed by atoms with Crippen molar-refractivity contribution in [1.29, 1.82) is 0 Å². The molecule has 0 amide bonds. The van der Waals surface area contributed by atoms with Gasteiger partial charge in [0.2, 0.25) is 0 Å². The first-order valence-corrected chi connectivity index (χ1v) is 12.7. The topological polar surface area (TPSA) is 29.5 Å². The molecule has 0 aromatic heterocycles. The van der Waals surface area contributed by atoms with Crippen LogP contribution in [-0.4, -0.2) is 12.5 Å². The fourth-order valence-corrected chi connectivity index (χ4v) is 7.48. The quantitative estimate of drug-likeness (QED) is 0.320. The van der Waals surface area contributed by atoms with E-state index in [0.717, 1.165) is 35.0 Å². The van der Waals surface area contributed by atoms with E-state index >= 15 is 0 Å². The van der Waals surface area contributed by atoms with Gasteiger partial charge in [-0.3, -0.25) is 0 Å². The van der Waals surface area contributed by atoms with Gasteiger partial charge in [-0.15, -0.1) is 0 Å². The number of para-hydroxylation sites is 3. The van der Waals surface area contributed by atoms with Crippen LogP contribution in [0, 0.1) is 23.7 Å². The van der Waals surface area contributed by atoms with Gasteiger partial charge in [0.25, 0.3) is 0 Å². The number of ether oxygens (including phenoxy) is 1. The van der Waals surface area contributed by atoms with Crippen molar-refractivity contribution in [3.8, 4) is 5.75 Å². The maximum absolute atomic E-state index is 13.0. The van der Waals surface area contributed by atoms with Crippen molar-refractivity contribution in [2.24, 2.45) is 23.7 Å². The molecule has 1 aliphatic heterocycles. The minimum atomic E-state index is -0.249. The van der Waals surface area contributed by atoms with Crippen LogP contribution in [0.4, 0.5) is 11.4 Å². The van der Waals surface area contributed by atoms with E-state index in [1.54, 1.807) is 5.57 Å². The van der Waals surface area contributed by atoms with Gasteiger partial charge in [-0.1, -0.05) is 60.2 Å². The van der Waals surface area contributed by atoms with Gasteiger partial charge in [0.1, 0.15) is 12.3 Å². The lowest BCUT2D eigenvalue weighted by Crippen LogP contribution is -2.41. The number of benzene rings is 3. The second-order valence-electron chi connectivity index (χ2n) is 10.5. The summed E-state index contributed by atoms with van der Waals surface area (Å²) in [6.45, 7) is 0.183. The van der Waals surface area contributed by atoms with Gasteiger partial charge in [-0.25, -0.2) is 4.79 Å². The Balaban J connectivity index is 1.33. The lowest BCUT2D eigenvalue weighted by atomic mass is 9.53. The summed E-state index contributed by atoms with van der Waals surface area (Å²) in [4.78, 5) is 15.2. The molecule has 0 spiro atoms. The molecule has 0 N–H and O–H groups in total. The Kier molecular flexibility index (Phi) is 4.65. The van der Waals surface area contributed by atoms with Crippen molar-refractivity contribution < 1.29 is 9.53 Å². The zero-order chi connectivity index (χ0) is 22.6. The zero-order valence-corrected chi connectivity index (χ0v) is 19.3. The fraction of sp³-hybridized carbons (Fsp3) is 0.323. The van der Waals surface area contributed by atoms with E-state index in [9.17, 15) is 4.79 Å². The van der Waals surface area contributed by atoms with Crippen LogP contribution in [-0.2, 0) is 4.79 Å². The molecule has 0 radical (unpaired) electrons. The third kappa shape index (κ3) is 3.21. The summed E-state index contributed by atoms with van der Waals surface area (Å²) >= 11 is 0. The molecule has 3 aromatic carbocycles. The van der Waals surface area contributed by atoms with Crippen molar-refractivity contribution in [2.75, 3.05) is 11.4 Å². The minimum absolute atomic E-state index is 0.183. The van der Waals surface area contributed by atoms with Crippen LogP contribution in [0.3, 0.4) is 0 Å². The van der Waals surface area contributed by atoms with Gasteiger partial charge >= 0.3 is 5.97 Å². The average molecular weight is 448 g/mol. The van der Waals surface area contributed by atoms with Gasteiger partial charge in [0.05, 0.1) is 0 Å². The molecule has 4 bridgehead atoms. The van der Waals surface area contributed by atoms with Crippen molar-refractivity contribution in [1.82, 2.24) is 0 Å². The Labute approximate surface area is 201 Å². The summed E-state index contributed by atoms with van der Waals surface area (Å²) in [6, 6.07) is 26.6. The molecule has 4 saturated carbocycles. The van der Waals surface area contributed by atoms with Gasteiger partial charge in [0.15, 0.2) is 0 Å². The van der Waals surface area contributed by atoms with E-state index in [0.29, 0.717) is 5.75 Å². The second kappa shape index (κ2) is 7.87. The molecule has 4 fully saturated rings. The fourth-order valence-electron chi connectivity index (χ4n) is 7.48. The highest BCUT2D eigenvalue weighted by molar-refractivity contribution is 6.01. The van der Waals surface area contributed by atoms with Crippen LogP contribution in [0.2, 0.25) is 0 Å². The van der Waals surface area contributed by atoms with Crippen molar-refractivity contribution in [3.05, 3.63) is 95.6 Å². The third-order valence-electron chi connectivity index (χ3n) is 8.50. The predicted molar refractivity (Wildman–Crippen MR) is 135 cm³/mol. The van der Waals surface area contributed by atoms with Crippen molar-refractivity contribution in [3.63, 3.8) is 0 Å². The molecule has 5 aliphatic rings. The zero-order valence-electron chi connectivity index (χ0n) is 19.3. The van der Waals surface area contributed by atoms with Crippen LogP contribution >= 0.6 is 0 Å². The first-order chi connectivity index (χ1) is 16.7. The molecule has 3 heteroatoms. The molecule has 3 aromatic rings. The summed E-state index contributed by atoms with van der Waals surface area (Å²) in [7, 11) is 0. The molecule has 170 valence electrons. The number of carbonyl (C=O) groups is 1. The van der Waals surface area contributed by atoms with E-state index < -0.39 is 0 Å². The number of fused-ring (bicyclic) bond motifs is 2. The normalized spacial score (nSPS) is 26.3.